The van der Waals surface area contributed by atoms with E-state index in [1.807, 2.05) is 53.4 Å². The second-order valence-electron chi connectivity index (χ2n) is 8.39. The maximum Gasteiger partial charge on any atom is 0.253 e. The van der Waals surface area contributed by atoms with Crippen LogP contribution in [0.15, 0.2) is 48.5 Å². The van der Waals surface area contributed by atoms with Crippen molar-refractivity contribution < 1.29 is 13.2 Å². The summed E-state index contributed by atoms with van der Waals surface area (Å²) in [6, 6.07) is 15.6. The lowest BCUT2D eigenvalue weighted by Crippen LogP contribution is -2.48. The zero-order valence-electron chi connectivity index (χ0n) is 18.3. The Hall–Kier alpha value is -2.13. The Morgan fingerprint density at radius 1 is 0.906 bits per heavy atom. The fraction of sp³-hybridized carbons (Fsp3) is 0.435. The van der Waals surface area contributed by atoms with Crippen LogP contribution in [0.3, 0.4) is 0 Å². The van der Waals surface area contributed by atoms with E-state index in [2.05, 4.69) is 9.80 Å². The number of anilines is 1. The van der Waals surface area contributed by atoms with Crippen molar-refractivity contribution in [2.75, 3.05) is 63.5 Å². The molecule has 9 heteroatoms. The molecule has 0 aliphatic carbocycles. The van der Waals surface area contributed by atoms with Crippen LogP contribution in [-0.4, -0.2) is 87.0 Å². The highest BCUT2D eigenvalue weighted by atomic mass is 35.5. The van der Waals surface area contributed by atoms with Crippen LogP contribution in [0, 0.1) is 0 Å². The van der Waals surface area contributed by atoms with Gasteiger partial charge in [0, 0.05) is 75.2 Å². The maximum atomic E-state index is 12.9. The first-order valence-corrected chi connectivity index (χ1v) is 13.1. The van der Waals surface area contributed by atoms with E-state index >= 15 is 0 Å². The SMILES string of the molecule is CS(=O)(=O)N1CCN(Cc2ccc(C(=O)N3CCN(c4cccc(Cl)c4)CC3)cc2)CC1. The molecule has 2 saturated heterocycles. The zero-order valence-corrected chi connectivity index (χ0v) is 19.9. The van der Waals surface area contributed by atoms with Crippen LogP contribution < -0.4 is 4.90 Å². The number of rotatable bonds is 5. The minimum absolute atomic E-state index is 0.0593. The molecule has 0 unspecified atom stereocenters. The van der Waals surface area contributed by atoms with Gasteiger partial charge >= 0.3 is 0 Å². The number of carbonyl (C=O) groups is 1. The molecular formula is C23H29ClN4O3S. The molecule has 2 aromatic carbocycles. The van der Waals surface area contributed by atoms with E-state index in [1.54, 1.807) is 0 Å². The standard InChI is InChI=1S/C23H29ClN4O3S/c1-32(30,31)28-15-9-25(10-16-28)18-19-5-7-20(8-6-19)23(29)27-13-11-26(12-14-27)22-4-2-3-21(24)17-22/h2-8,17H,9-16,18H2,1H3. The molecule has 0 bridgehead atoms. The van der Waals surface area contributed by atoms with Crippen LogP contribution in [0.25, 0.3) is 0 Å². The van der Waals surface area contributed by atoms with Crippen molar-refractivity contribution in [1.82, 2.24) is 14.1 Å². The average molecular weight is 477 g/mol. The van der Waals surface area contributed by atoms with Crippen molar-refractivity contribution in [1.29, 1.82) is 0 Å². The molecule has 2 aromatic rings. The van der Waals surface area contributed by atoms with Crippen molar-refractivity contribution in [2.24, 2.45) is 0 Å². The Labute approximate surface area is 195 Å². The minimum atomic E-state index is -3.11. The Balaban J connectivity index is 1.28. The highest BCUT2D eigenvalue weighted by Crippen LogP contribution is 2.21. The molecule has 172 valence electrons. The van der Waals surface area contributed by atoms with Gasteiger partial charge in [0.2, 0.25) is 10.0 Å². The summed E-state index contributed by atoms with van der Waals surface area (Å²) >= 11 is 6.10. The predicted molar refractivity (Wildman–Crippen MR) is 128 cm³/mol. The first-order valence-electron chi connectivity index (χ1n) is 10.9. The van der Waals surface area contributed by atoms with Gasteiger partial charge < -0.3 is 9.80 Å². The largest absolute Gasteiger partial charge is 0.368 e. The first kappa shape index (κ1) is 23.0. The lowest BCUT2D eigenvalue weighted by molar-refractivity contribution is 0.0746. The molecule has 1 amide bonds. The molecule has 2 aliphatic heterocycles. The Kier molecular flexibility index (Phi) is 7.05. The number of benzene rings is 2. The molecule has 32 heavy (non-hydrogen) atoms. The fourth-order valence-corrected chi connectivity index (χ4v) is 5.26. The Morgan fingerprint density at radius 2 is 1.56 bits per heavy atom. The van der Waals surface area contributed by atoms with E-state index in [9.17, 15) is 13.2 Å². The summed E-state index contributed by atoms with van der Waals surface area (Å²) in [7, 11) is -3.11. The number of nitrogens with zero attached hydrogens (tertiary/aromatic N) is 4. The molecule has 0 atom stereocenters. The summed E-state index contributed by atoms with van der Waals surface area (Å²) in [5.41, 5.74) is 2.92. The van der Waals surface area contributed by atoms with Crippen molar-refractivity contribution in [3.63, 3.8) is 0 Å². The van der Waals surface area contributed by atoms with Gasteiger partial charge in [-0.1, -0.05) is 29.8 Å². The van der Waals surface area contributed by atoms with Gasteiger partial charge in [-0.3, -0.25) is 9.69 Å². The lowest BCUT2D eigenvalue weighted by Gasteiger charge is -2.36. The molecule has 0 N–H and O–H groups in total. The summed E-state index contributed by atoms with van der Waals surface area (Å²) in [6.45, 7) is 6.15. The van der Waals surface area contributed by atoms with Crippen molar-refractivity contribution in [2.45, 2.75) is 6.54 Å². The number of piperazine rings is 2. The Morgan fingerprint density at radius 3 is 2.16 bits per heavy atom. The van der Waals surface area contributed by atoms with Gasteiger partial charge in [0.05, 0.1) is 6.26 Å². The van der Waals surface area contributed by atoms with Gasteiger partial charge in [0.25, 0.3) is 5.91 Å². The molecule has 2 heterocycles. The highest BCUT2D eigenvalue weighted by molar-refractivity contribution is 7.88. The lowest BCUT2D eigenvalue weighted by atomic mass is 10.1. The fourth-order valence-electron chi connectivity index (χ4n) is 4.25. The normalized spacial score (nSPS) is 18.7. The van der Waals surface area contributed by atoms with Gasteiger partial charge in [0.1, 0.15) is 0 Å². The number of hydrogen-bond acceptors (Lipinski definition) is 5. The molecule has 0 saturated carbocycles. The van der Waals surface area contributed by atoms with E-state index < -0.39 is 10.0 Å². The number of sulfonamides is 1. The summed E-state index contributed by atoms with van der Waals surface area (Å²) in [5, 5.41) is 0.721. The molecule has 7 nitrogen and oxygen atoms in total. The van der Waals surface area contributed by atoms with Crippen LogP contribution in [-0.2, 0) is 16.6 Å². The van der Waals surface area contributed by atoms with Crippen LogP contribution in [0.2, 0.25) is 5.02 Å². The molecule has 0 radical (unpaired) electrons. The van der Waals surface area contributed by atoms with Gasteiger partial charge in [0.15, 0.2) is 0 Å². The number of halogens is 1. The second kappa shape index (κ2) is 9.79. The van der Waals surface area contributed by atoms with Crippen LogP contribution >= 0.6 is 11.6 Å². The summed E-state index contributed by atoms with van der Waals surface area (Å²) in [6.07, 6.45) is 1.26. The monoisotopic (exact) mass is 476 g/mol. The zero-order chi connectivity index (χ0) is 22.7. The smallest absolute Gasteiger partial charge is 0.253 e. The topological polar surface area (TPSA) is 64.2 Å². The molecule has 2 fully saturated rings. The third-order valence-electron chi connectivity index (χ3n) is 6.15. The van der Waals surface area contributed by atoms with Gasteiger partial charge in [-0.15, -0.1) is 0 Å². The van der Waals surface area contributed by atoms with Gasteiger partial charge in [-0.25, -0.2) is 8.42 Å². The predicted octanol–water partition coefficient (Wildman–Crippen LogP) is 2.38. The number of amides is 1. The number of hydrogen-bond donors (Lipinski definition) is 0. The van der Waals surface area contributed by atoms with E-state index in [4.69, 9.17) is 11.6 Å². The molecular weight excluding hydrogens is 448 g/mol. The summed E-state index contributed by atoms with van der Waals surface area (Å²) in [4.78, 5) is 19.3. The highest BCUT2D eigenvalue weighted by Gasteiger charge is 2.24. The van der Waals surface area contributed by atoms with Gasteiger partial charge in [-0.2, -0.15) is 4.31 Å². The molecule has 2 aliphatic rings. The van der Waals surface area contributed by atoms with E-state index in [0.29, 0.717) is 44.8 Å². The van der Waals surface area contributed by atoms with Gasteiger partial charge in [-0.05, 0) is 35.9 Å². The average Bonchev–Trinajstić information content (AvgIpc) is 2.79. The molecule has 0 aromatic heterocycles. The van der Waals surface area contributed by atoms with E-state index in [-0.39, 0.29) is 5.91 Å². The van der Waals surface area contributed by atoms with Crippen LogP contribution in [0.4, 0.5) is 5.69 Å². The van der Waals surface area contributed by atoms with Crippen molar-refractivity contribution in [3.8, 4) is 0 Å². The van der Waals surface area contributed by atoms with E-state index in [1.165, 1.54) is 10.6 Å². The van der Waals surface area contributed by atoms with Crippen LogP contribution in [0.1, 0.15) is 15.9 Å². The van der Waals surface area contributed by atoms with Crippen molar-refractivity contribution >= 4 is 33.2 Å². The quantitative estimate of drug-likeness (QED) is 0.663. The van der Waals surface area contributed by atoms with Crippen LogP contribution in [0.5, 0.6) is 0 Å². The number of carbonyl (C=O) groups excluding carboxylic acids is 1. The van der Waals surface area contributed by atoms with Crippen molar-refractivity contribution in [3.05, 3.63) is 64.7 Å². The maximum absolute atomic E-state index is 12.9. The minimum Gasteiger partial charge on any atom is -0.368 e. The molecule has 4 rings (SSSR count). The third-order valence-corrected chi connectivity index (χ3v) is 7.69. The Bertz CT molecular complexity index is 1050. The third kappa shape index (κ3) is 5.61. The van der Waals surface area contributed by atoms with E-state index in [0.717, 1.165) is 35.9 Å². The molecule has 0 spiro atoms. The second-order valence-corrected chi connectivity index (χ2v) is 10.8. The summed E-state index contributed by atoms with van der Waals surface area (Å²) < 4.78 is 24.8. The summed E-state index contributed by atoms with van der Waals surface area (Å²) in [5.74, 6) is 0.0593. The first-order chi connectivity index (χ1) is 15.3.